The molecule has 8 heteroatoms. The van der Waals surface area contributed by atoms with E-state index in [1.165, 1.54) is 32.0 Å². The number of amides is 2. The minimum Gasteiger partial charge on any atom is -0.368 e. The molecule has 0 aliphatic carbocycles. The third-order valence-corrected chi connectivity index (χ3v) is 6.35. The van der Waals surface area contributed by atoms with Crippen LogP contribution < -0.4 is 15.3 Å². The van der Waals surface area contributed by atoms with Crippen LogP contribution in [0.25, 0.3) is 0 Å². The molecule has 164 valence electrons. The largest absolute Gasteiger partial charge is 0.368 e. The lowest BCUT2D eigenvalue weighted by atomic mass is 9.94. The van der Waals surface area contributed by atoms with Crippen LogP contribution in [0.1, 0.15) is 43.5 Å². The number of carbonyl (C=O) groups excluding carboxylic acids is 2. The number of likely N-dealkylation sites (N-methyl/N-ethyl adjacent to an activating group) is 1. The van der Waals surface area contributed by atoms with Gasteiger partial charge in [-0.05, 0) is 62.9 Å². The van der Waals surface area contributed by atoms with Gasteiger partial charge in [0.1, 0.15) is 5.69 Å². The van der Waals surface area contributed by atoms with Gasteiger partial charge in [-0.3, -0.25) is 19.5 Å². The van der Waals surface area contributed by atoms with Crippen molar-refractivity contribution < 1.29 is 14.7 Å². The average Bonchev–Trinajstić information content (AvgIpc) is 2.77. The first kappa shape index (κ1) is 22.5. The Hall–Kier alpha value is -3.15. The normalized spacial score (nSPS) is 22.6. The van der Waals surface area contributed by atoms with Crippen molar-refractivity contribution in [3.63, 3.8) is 0 Å². The van der Waals surface area contributed by atoms with Crippen molar-refractivity contribution in [3.05, 3.63) is 52.2 Å². The molecule has 3 N–H and O–H groups in total. The van der Waals surface area contributed by atoms with Gasteiger partial charge in [0.05, 0.1) is 37.4 Å². The van der Waals surface area contributed by atoms with Crippen molar-refractivity contribution in [3.8, 4) is 6.07 Å². The van der Waals surface area contributed by atoms with Crippen molar-refractivity contribution in [1.29, 1.82) is 5.26 Å². The van der Waals surface area contributed by atoms with E-state index in [0.717, 1.165) is 22.5 Å². The average molecular weight is 425 g/mol. The first-order valence-corrected chi connectivity index (χ1v) is 10.5. The number of piperidine rings is 1. The molecule has 3 rings (SSSR count). The van der Waals surface area contributed by atoms with Crippen LogP contribution in [0, 0.1) is 11.3 Å². The number of rotatable bonds is 4. The number of nitrogens with one attached hydrogen (secondary N) is 2. The van der Waals surface area contributed by atoms with Crippen molar-refractivity contribution in [2.45, 2.75) is 39.3 Å². The molecule has 1 aromatic rings. The summed E-state index contributed by atoms with van der Waals surface area (Å²) in [4.78, 5) is 26.3. The summed E-state index contributed by atoms with van der Waals surface area (Å²) in [6.45, 7) is 5.46. The number of aliphatic hydroxyl groups excluding tert-OH is 1. The highest BCUT2D eigenvalue weighted by Crippen LogP contribution is 2.28. The van der Waals surface area contributed by atoms with Crippen LogP contribution in [0.15, 0.2) is 46.7 Å². The Kier molecular flexibility index (Phi) is 6.48. The van der Waals surface area contributed by atoms with Gasteiger partial charge in [0.15, 0.2) is 6.23 Å². The van der Waals surface area contributed by atoms with Gasteiger partial charge in [-0.15, -0.1) is 0 Å². The van der Waals surface area contributed by atoms with Gasteiger partial charge in [-0.2, -0.15) is 5.26 Å². The second-order valence-corrected chi connectivity index (χ2v) is 8.47. The van der Waals surface area contributed by atoms with E-state index in [9.17, 15) is 20.0 Å². The van der Waals surface area contributed by atoms with Crippen LogP contribution >= 0.6 is 0 Å². The number of hydrazine groups is 1. The zero-order valence-electron chi connectivity index (χ0n) is 18.5. The summed E-state index contributed by atoms with van der Waals surface area (Å²) in [5.74, 6) is -0.752. The summed E-state index contributed by atoms with van der Waals surface area (Å²) < 4.78 is 0.889. The van der Waals surface area contributed by atoms with E-state index in [1.807, 2.05) is 30.3 Å². The van der Waals surface area contributed by atoms with E-state index < -0.39 is 12.1 Å². The zero-order chi connectivity index (χ0) is 22.8. The van der Waals surface area contributed by atoms with Crippen molar-refractivity contribution in [2.24, 2.45) is 0 Å². The number of quaternary nitrogens is 1. The lowest BCUT2D eigenvalue weighted by Gasteiger charge is -2.37. The third kappa shape index (κ3) is 4.33. The molecule has 0 bridgehead atoms. The number of nitriles is 1. The summed E-state index contributed by atoms with van der Waals surface area (Å²) in [5.41, 5.74) is 8.24. The Labute approximate surface area is 183 Å². The second kappa shape index (κ2) is 8.92. The number of allylic oxidation sites excluding steroid dienone is 1. The van der Waals surface area contributed by atoms with Gasteiger partial charge in [-0.1, -0.05) is 0 Å². The van der Waals surface area contributed by atoms with E-state index in [0.29, 0.717) is 16.8 Å². The molecular weight excluding hydrogens is 394 g/mol. The van der Waals surface area contributed by atoms with Gasteiger partial charge in [0.25, 0.3) is 11.8 Å². The molecule has 1 atom stereocenters. The molecule has 0 saturated carbocycles. The van der Waals surface area contributed by atoms with Gasteiger partial charge in [-0.25, -0.2) is 0 Å². The molecule has 1 saturated heterocycles. The molecule has 0 spiro atoms. The highest BCUT2D eigenvalue weighted by Gasteiger charge is 2.34. The number of carbonyl (C=O) groups is 2. The lowest BCUT2D eigenvalue weighted by Crippen LogP contribution is -2.48. The fourth-order valence-electron chi connectivity index (χ4n) is 4.28. The fourth-order valence-corrected chi connectivity index (χ4v) is 4.28. The molecule has 0 radical (unpaired) electrons. The molecule has 1 aromatic carbocycles. The number of likely N-dealkylation sites (tertiary alicyclic amines) is 1. The van der Waals surface area contributed by atoms with E-state index in [-0.39, 0.29) is 17.1 Å². The summed E-state index contributed by atoms with van der Waals surface area (Å²) in [5, 5.41) is 19.4. The maximum Gasteiger partial charge on any atom is 0.269 e. The number of hydrogen-bond donors (Lipinski definition) is 3. The Bertz CT molecular complexity index is 981. The Morgan fingerprint density at radius 1 is 1.19 bits per heavy atom. The minimum absolute atomic E-state index is 0.106. The molecule has 2 aliphatic heterocycles. The molecular formula is C23H30N5O3+. The predicted octanol–water partition coefficient (Wildman–Crippen LogP) is 1.95. The van der Waals surface area contributed by atoms with Crippen LogP contribution in [-0.2, 0) is 4.79 Å². The van der Waals surface area contributed by atoms with E-state index >= 15 is 0 Å². The maximum absolute atomic E-state index is 12.6. The molecule has 31 heavy (non-hydrogen) atoms. The van der Waals surface area contributed by atoms with Crippen LogP contribution in [0.3, 0.4) is 0 Å². The van der Waals surface area contributed by atoms with Crippen LogP contribution in [-0.4, -0.2) is 55.2 Å². The van der Waals surface area contributed by atoms with Gasteiger partial charge in [0.2, 0.25) is 0 Å². The van der Waals surface area contributed by atoms with Crippen LogP contribution in [0.4, 0.5) is 5.69 Å². The molecule has 2 heterocycles. The fraction of sp³-hybridized carbons (Fsp3) is 0.435. The Morgan fingerprint density at radius 2 is 1.81 bits per heavy atom. The standard InChI is InChI=1S/C23H29N5O3/c1-15-19(14-24)22(30)27(3)23(31)20(15)16(2)25-26-21(29)17-8-10-18(11-9-17)28(4)12-6-5-7-13-28/h8-11,22,30H,5-7,12-13H2,1-4H3,(H-,25,26,29,31)/p+1. The zero-order valence-corrected chi connectivity index (χ0v) is 18.5. The SMILES string of the molecule is CC(NNC(=O)c1ccc([N+]2(C)CCCCC2)cc1)=C1C(=O)N(C)C(O)C(C#N)=C1C. The van der Waals surface area contributed by atoms with E-state index in [2.05, 4.69) is 17.9 Å². The van der Waals surface area contributed by atoms with Crippen molar-refractivity contribution in [2.75, 3.05) is 27.2 Å². The first-order valence-electron chi connectivity index (χ1n) is 10.5. The number of hydrogen-bond acceptors (Lipinski definition) is 5. The number of benzene rings is 1. The van der Waals surface area contributed by atoms with Crippen molar-refractivity contribution in [1.82, 2.24) is 20.2 Å². The van der Waals surface area contributed by atoms with Crippen LogP contribution in [0.5, 0.6) is 0 Å². The highest BCUT2D eigenvalue weighted by molar-refractivity contribution is 6.00. The lowest BCUT2D eigenvalue weighted by molar-refractivity contribution is -0.133. The van der Waals surface area contributed by atoms with Gasteiger partial charge >= 0.3 is 0 Å². The highest BCUT2D eigenvalue weighted by atomic mass is 16.3. The predicted molar refractivity (Wildman–Crippen MR) is 118 cm³/mol. The third-order valence-electron chi connectivity index (χ3n) is 6.35. The number of nitrogens with zero attached hydrogens (tertiary/aromatic N) is 3. The summed E-state index contributed by atoms with van der Waals surface area (Å²) in [6.07, 6.45) is 2.43. The molecule has 1 unspecified atom stereocenters. The summed E-state index contributed by atoms with van der Waals surface area (Å²) in [6, 6.07) is 9.56. The molecule has 2 aliphatic rings. The molecule has 2 amide bonds. The second-order valence-electron chi connectivity index (χ2n) is 8.47. The topological polar surface area (TPSA) is 105 Å². The Morgan fingerprint density at radius 3 is 2.39 bits per heavy atom. The quantitative estimate of drug-likeness (QED) is 0.389. The molecule has 1 fully saturated rings. The maximum atomic E-state index is 12.6. The van der Waals surface area contributed by atoms with Gasteiger partial charge < -0.3 is 15.4 Å². The smallest absolute Gasteiger partial charge is 0.269 e. The Balaban J connectivity index is 1.73. The first-order chi connectivity index (χ1) is 14.7. The molecule has 0 aromatic heterocycles. The summed E-state index contributed by atoms with van der Waals surface area (Å²) >= 11 is 0. The van der Waals surface area contributed by atoms with E-state index in [1.54, 1.807) is 13.8 Å². The molecule has 8 nitrogen and oxygen atoms in total. The van der Waals surface area contributed by atoms with E-state index in [4.69, 9.17) is 0 Å². The monoisotopic (exact) mass is 424 g/mol. The minimum atomic E-state index is -1.27. The van der Waals surface area contributed by atoms with Crippen molar-refractivity contribution >= 4 is 17.5 Å². The summed E-state index contributed by atoms with van der Waals surface area (Å²) in [7, 11) is 3.65. The number of aliphatic hydroxyl groups is 1. The van der Waals surface area contributed by atoms with Gasteiger partial charge in [0, 0.05) is 18.3 Å². The van der Waals surface area contributed by atoms with Crippen LogP contribution in [0.2, 0.25) is 0 Å².